The SMILES string of the molecule is O.O.O.O.O.O.O=C(O)C[C@H](C(=O)[O-])[C@@H](CC(=O)O)C(=O)[O-].O=C(O)C[C@H](C(=O)[O-])[C@@H](CC(=O)O)C(=O)[O-].[Pb+2].[Pb+2].c1cnc2c(c1)ccc1cccnc12.c1cnc2c(c1)ccc1cccnc12. The number of pyridine rings is 4. The van der Waals surface area contributed by atoms with Crippen molar-refractivity contribution < 1.29 is 112 Å². The van der Waals surface area contributed by atoms with Gasteiger partial charge in [0.05, 0.1) is 47.8 Å². The average molecular weight is 1350 g/mol. The smallest absolute Gasteiger partial charge is 0.550 e. The number of carbonyl (C=O) groups excluding carboxylic acids is 4. The molecule has 0 amide bonds. The third kappa shape index (κ3) is 22.3. The van der Waals surface area contributed by atoms with Crippen molar-refractivity contribution in [1.82, 2.24) is 19.9 Å². The molecule has 0 spiro atoms. The summed E-state index contributed by atoms with van der Waals surface area (Å²) in [7, 11) is 0. The number of fused-ring (bicyclic) bond motifs is 6. The molecule has 26 nitrogen and oxygen atoms in total. The molecule has 16 N–H and O–H groups in total. The molecule has 4 heterocycles. The van der Waals surface area contributed by atoms with Crippen molar-refractivity contribution >= 4 is 146 Å². The van der Waals surface area contributed by atoms with Crippen molar-refractivity contribution in [2.45, 2.75) is 25.7 Å². The Morgan fingerprint density at radius 1 is 0.353 bits per heavy atom. The van der Waals surface area contributed by atoms with Crippen LogP contribution >= 0.6 is 0 Å². The molecule has 2 aromatic carbocycles. The molecule has 0 fully saturated rings. The number of rotatable bonds is 14. The first-order valence-corrected chi connectivity index (χ1v) is 17.3. The summed E-state index contributed by atoms with van der Waals surface area (Å²) in [5, 5.41) is 79.9. The van der Waals surface area contributed by atoms with Crippen LogP contribution in [0.15, 0.2) is 97.6 Å². The average Bonchev–Trinajstić information content (AvgIpc) is 3.20. The van der Waals surface area contributed by atoms with Gasteiger partial charge in [0.2, 0.25) is 0 Å². The predicted molar refractivity (Wildman–Crippen MR) is 230 cm³/mol. The van der Waals surface area contributed by atoms with E-state index in [9.17, 15) is 58.8 Å². The summed E-state index contributed by atoms with van der Waals surface area (Å²) in [5.74, 6) is -21.7. The molecule has 4 radical (unpaired) electrons. The van der Waals surface area contributed by atoms with Crippen LogP contribution in [-0.4, -0.2) is 176 Å². The van der Waals surface area contributed by atoms with E-state index in [1.807, 2.05) is 24.3 Å². The van der Waals surface area contributed by atoms with Gasteiger partial charge in [0, 0.05) is 93.9 Å². The molecule has 4 aromatic heterocycles. The van der Waals surface area contributed by atoms with Gasteiger partial charge >= 0.3 is 78.5 Å². The van der Waals surface area contributed by atoms with Gasteiger partial charge in [-0.3, -0.25) is 39.1 Å². The summed E-state index contributed by atoms with van der Waals surface area (Å²) in [6.45, 7) is 0. The zero-order chi connectivity index (χ0) is 44.5. The van der Waals surface area contributed by atoms with Crippen LogP contribution in [-0.2, 0) is 38.4 Å². The van der Waals surface area contributed by atoms with E-state index in [4.69, 9.17) is 20.4 Å². The van der Waals surface area contributed by atoms with E-state index in [-0.39, 0.29) is 87.5 Å². The zero-order valence-corrected chi connectivity index (χ0v) is 42.6. The maximum absolute atomic E-state index is 10.5. The molecule has 0 saturated heterocycles. The Morgan fingerprint density at radius 3 is 0.647 bits per heavy atom. The monoisotopic (exact) mass is 1350 g/mol. The number of carboxylic acid groups (broad SMARTS) is 8. The number of aromatic nitrogens is 4. The molecule has 0 saturated carbocycles. The summed E-state index contributed by atoms with van der Waals surface area (Å²) in [6, 6.07) is 24.3. The molecule has 28 heteroatoms. The minimum Gasteiger partial charge on any atom is -0.550 e. The van der Waals surface area contributed by atoms with E-state index in [2.05, 4.69) is 68.5 Å². The summed E-state index contributed by atoms with van der Waals surface area (Å²) < 4.78 is 0. The number of hydrogen-bond donors (Lipinski definition) is 4. The Morgan fingerprint density at radius 2 is 0.515 bits per heavy atom. The van der Waals surface area contributed by atoms with Crippen molar-refractivity contribution in [2.24, 2.45) is 23.7 Å². The van der Waals surface area contributed by atoms with Crippen LogP contribution in [0.4, 0.5) is 0 Å². The molecule has 364 valence electrons. The quantitative estimate of drug-likeness (QED) is 0.0582. The maximum atomic E-state index is 10.5. The fourth-order valence-electron chi connectivity index (χ4n) is 5.67. The van der Waals surface area contributed by atoms with Crippen LogP contribution in [0.2, 0.25) is 0 Å². The molecule has 6 rings (SSSR count). The molecule has 0 aliphatic rings. The van der Waals surface area contributed by atoms with Crippen molar-refractivity contribution in [3.63, 3.8) is 0 Å². The first-order valence-electron chi connectivity index (χ1n) is 17.3. The second-order valence-corrected chi connectivity index (χ2v) is 12.5. The van der Waals surface area contributed by atoms with Crippen LogP contribution in [0.1, 0.15) is 25.7 Å². The van der Waals surface area contributed by atoms with E-state index in [1.54, 1.807) is 24.8 Å². The molecule has 0 bridgehead atoms. The number of carbonyl (C=O) groups is 8. The minimum absolute atomic E-state index is 0. The Labute approximate surface area is 422 Å². The summed E-state index contributed by atoms with van der Waals surface area (Å²) >= 11 is 0. The second-order valence-electron chi connectivity index (χ2n) is 12.5. The maximum Gasteiger partial charge on any atom is 2.00 e. The largest absolute Gasteiger partial charge is 2.00 e. The van der Waals surface area contributed by atoms with Crippen LogP contribution in [0.3, 0.4) is 0 Å². The van der Waals surface area contributed by atoms with Crippen LogP contribution in [0, 0.1) is 23.7 Å². The van der Waals surface area contributed by atoms with Crippen molar-refractivity contribution in [3.05, 3.63) is 97.6 Å². The molecular formula is C40H44N4O22Pb2. The molecule has 68 heavy (non-hydrogen) atoms. The fraction of sp³-hybridized carbons (Fsp3) is 0.200. The Bertz CT molecular complexity index is 2220. The standard InChI is InChI=1S/2C12H8N2.2C8H10O8.6H2O.2Pb/c2*1-3-9-5-6-10-4-2-8-14-12(10)11(9)13-7-1;2*9-5(10)1-3(7(13)14)4(8(15)16)2-6(11)12;;;;;;;;/h2*1-8H;2*3-4H,1-2H2,(H,9,10)(H,11,12)(H,13,14)(H,15,16);6*1H2;;/q;;;;;;;;;;2*+2/p-4/t;;2*3-,4+;;;;;;;;. The summed E-state index contributed by atoms with van der Waals surface area (Å²) in [6.07, 6.45) is 3.07. The molecule has 0 unspecified atom stereocenters. The van der Waals surface area contributed by atoms with Gasteiger partial charge in [-0.15, -0.1) is 0 Å². The normalized spacial score (nSPS) is 10.9. The van der Waals surface area contributed by atoms with Gasteiger partial charge in [-0.25, -0.2) is 0 Å². The molecular weight excluding hydrogens is 1300 g/mol. The number of carboxylic acids is 8. The van der Waals surface area contributed by atoms with E-state index in [1.165, 1.54) is 0 Å². The number of hydrogen-bond acceptors (Lipinski definition) is 16. The van der Waals surface area contributed by atoms with E-state index >= 15 is 0 Å². The minimum atomic E-state index is -1.93. The van der Waals surface area contributed by atoms with Gasteiger partial charge in [0.25, 0.3) is 0 Å². The molecule has 0 aliphatic carbocycles. The van der Waals surface area contributed by atoms with Gasteiger partial charge in [0.1, 0.15) is 0 Å². The van der Waals surface area contributed by atoms with Crippen LogP contribution < -0.4 is 20.4 Å². The molecule has 0 aliphatic heterocycles. The van der Waals surface area contributed by atoms with E-state index < -0.39 is 97.1 Å². The van der Waals surface area contributed by atoms with Gasteiger partial charge in [-0.1, -0.05) is 48.5 Å². The van der Waals surface area contributed by atoms with Crippen molar-refractivity contribution in [3.8, 4) is 0 Å². The summed E-state index contributed by atoms with van der Waals surface area (Å²) in [4.78, 5) is 101. The number of nitrogens with zero attached hydrogens (tertiary/aromatic N) is 4. The first-order chi connectivity index (χ1) is 28.4. The fourth-order valence-corrected chi connectivity index (χ4v) is 5.67. The number of benzene rings is 2. The zero-order valence-electron chi connectivity index (χ0n) is 34.9. The Kier molecular flexibility index (Phi) is 38.2. The van der Waals surface area contributed by atoms with E-state index in [0.717, 1.165) is 43.6 Å². The van der Waals surface area contributed by atoms with Gasteiger partial charge in [-0.2, -0.15) is 0 Å². The third-order valence-electron chi connectivity index (χ3n) is 8.45. The summed E-state index contributed by atoms with van der Waals surface area (Å²) in [5.41, 5.74) is 3.91. The first kappa shape index (κ1) is 73.0. The molecule has 4 atom stereocenters. The second kappa shape index (κ2) is 35.6. The predicted octanol–water partition coefficient (Wildman–Crippen LogP) is -6.81. The Hall–Kier alpha value is -6.56. The van der Waals surface area contributed by atoms with E-state index in [0.29, 0.717) is 0 Å². The van der Waals surface area contributed by atoms with Gasteiger partial charge in [0.15, 0.2) is 0 Å². The van der Waals surface area contributed by atoms with Crippen molar-refractivity contribution in [1.29, 1.82) is 0 Å². The Balaban J connectivity index is -0.000000181. The van der Waals surface area contributed by atoms with Gasteiger partial charge in [-0.05, 0) is 24.3 Å². The van der Waals surface area contributed by atoms with Crippen LogP contribution in [0.5, 0.6) is 0 Å². The third-order valence-corrected chi connectivity index (χ3v) is 8.45. The number of aliphatic carboxylic acids is 8. The van der Waals surface area contributed by atoms with Gasteiger partial charge < -0.3 is 92.9 Å². The van der Waals surface area contributed by atoms with Crippen molar-refractivity contribution in [2.75, 3.05) is 0 Å². The topological polar surface area (TPSA) is 550 Å². The molecule has 6 aromatic rings. The van der Waals surface area contributed by atoms with Crippen LogP contribution in [0.25, 0.3) is 43.6 Å².